The van der Waals surface area contributed by atoms with Gasteiger partial charge in [0.25, 0.3) is 0 Å². The maximum Gasteiger partial charge on any atom is 0.116 e. The van der Waals surface area contributed by atoms with Crippen LogP contribution in [0.3, 0.4) is 0 Å². The van der Waals surface area contributed by atoms with Crippen molar-refractivity contribution in [1.82, 2.24) is 0 Å². The summed E-state index contributed by atoms with van der Waals surface area (Å²) in [4.78, 5) is 2.27. The van der Waals surface area contributed by atoms with Crippen LogP contribution in [0.15, 0.2) is 18.2 Å². The molecule has 1 aliphatic rings. The van der Waals surface area contributed by atoms with Crippen molar-refractivity contribution >= 4 is 5.69 Å². The van der Waals surface area contributed by atoms with E-state index in [1.54, 1.807) is 6.07 Å². The minimum Gasteiger partial charge on any atom is -0.508 e. The first-order chi connectivity index (χ1) is 6.44. The number of benzene rings is 1. The lowest BCUT2D eigenvalue weighted by atomic mass is 9.81. The normalized spacial score (nSPS) is 23.7. The molecule has 0 aliphatic carbocycles. The molecule has 14 heavy (non-hydrogen) atoms. The van der Waals surface area contributed by atoms with Crippen molar-refractivity contribution in [1.29, 1.82) is 0 Å². The Bertz CT molecular complexity index is 371. The van der Waals surface area contributed by atoms with E-state index >= 15 is 0 Å². The Morgan fingerprint density at radius 2 is 2.00 bits per heavy atom. The van der Waals surface area contributed by atoms with Crippen molar-refractivity contribution in [2.75, 3.05) is 11.9 Å². The molecule has 0 aromatic heterocycles. The summed E-state index contributed by atoms with van der Waals surface area (Å²) in [6.07, 6.45) is 0. The van der Waals surface area contributed by atoms with Crippen molar-refractivity contribution in [3.8, 4) is 5.75 Å². The van der Waals surface area contributed by atoms with Crippen LogP contribution >= 0.6 is 0 Å². The van der Waals surface area contributed by atoms with Gasteiger partial charge in [0.1, 0.15) is 5.75 Å². The number of nitrogens with zero attached hydrogens (tertiary/aromatic N) is 1. The largest absolute Gasteiger partial charge is 0.508 e. The van der Waals surface area contributed by atoms with Gasteiger partial charge in [0.2, 0.25) is 0 Å². The van der Waals surface area contributed by atoms with Crippen molar-refractivity contribution < 1.29 is 5.11 Å². The smallest absolute Gasteiger partial charge is 0.116 e. The van der Waals surface area contributed by atoms with Crippen LogP contribution in [-0.4, -0.2) is 18.2 Å². The van der Waals surface area contributed by atoms with Crippen LogP contribution in [0, 0.1) is 0 Å². The number of hydrogen-bond donors (Lipinski definition) is 1. The number of rotatable bonds is 0. The molecule has 0 saturated heterocycles. The van der Waals surface area contributed by atoms with Gasteiger partial charge in [-0.2, -0.15) is 0 Å². The summed E-state index contributed by atoms with van der Waals surface area (Å²) < 4.78 is 0. The van der Waals surface area contributed by atoms with Gasteiger partial charge in [0.15, 0.2) is 0 Å². The van der Waals surface area contributed by atoms with Crippen LogP contribution < -0.4 is 4.90 Å². The molecule has 1 aliphatic heterocycles. The molecule has 0 spiro atoms. The van der Waals surface area contributed by atoms with E-state index in [-0.39, 0.29) is 5.41 Å². The van der Waals surface area contributed by atoms with Gasteiger partial charge in [0, 0.05) is 24.2 Å². The first kappa shape index (κ1) is 9.38. The number of hydrogen-bond acceptors (Lipinski definition) is 2. The fourth-order valence-corrected chi connectivity index (χ4v) is 2.27. The van der Waals surface area contributed by atoms with Gasteiger partial charge in [-0.25, -0.2) is 0 Å². The molecule has 1 aromatic rings. The van der Waals surface area contributed by atoms with Gasteiger partial charge in [-0.15, -0.1) is 0 Å². The summed E-state index contributed by atoms with van der Waals surface area (Å²) in [6.45, 7) is 6.66. The number of likely N-dealkylation sites (N-methyl/N-ethyl adjacent to an activating group) is 1. The Morgan fingerprint density at radius 3 is 2.64 bits per heavy atom. The molecule has 0 fully saturated rings. The lowest BCUT2D eigenvalue weighted by molar-refractivity contribution is 0.446. The van der Waals surface area contributed by atoms with Gasteiger partial charge >= 0.3 is 0 Å². The first-order valence-electron chi connectivity index (χ1n) is 5.01. The van der Waals surface area contributed by atoms with E-state index in [2.05, 4.69) is 32.7 Å². The SMILES string of the molecule is CC1N(C)c2ccc(O)cc2C1(C)C. The van der Waals surface area contributed by atoms with Crippen LogP contribution in [0.25, 0.3) is 0 Å². The van der Waals surface area contributed by atoms with Crippen molar-refractivity contribution in [2.45, 2.75) is 32.2 Å². The predicted octanol–water partition coefficient (Wildman–Crippen LogP) is 2.51. The summed E-state index contributed by atoms with van der Waals surface area (Å²) in [6, 6.07) is 6.11. The molecule has 1 N–H and O–H groups in total. The quantitative estimate of drug-likeness (QED) is 0.681. The van der Waals surface area contributed by atoms with Gasteiger partial charge in [-0.3, -0.25) is 0 Å². The van der Waals surface area contributed by atoms with Gasteiger partial charge in [-0.05, 0) is 30.7 Å². The maximum absolute atomic E-state index is 9.48. The third-order valence-corrected chi connectivity index (χ3v) is 3.68. The van der Waals surface area contributed by atoms with E-state index in [9.17, 15) is 5.11 Å². The van der Waals surface area contributed by atoms with E-state index in [0.717, 1.165) is 0 Å². The molecule has 2 heteroatoms. The summed E-state index contributed by atoms with van der Waals surface area (Å²) in [5.74, 6) is 0.360. The highest BCUT2D eigenvalue weighted by Gasteiger charge is 2.40. The number of aromatic hydroxyl groups is 1. The molecule has 0 bridgehead atoms. The fourth-order valence-electron chi connectivity index (χ4n) is 2.27. The molecule has 1 heterocycles. The Hall–Kier alpha value is -1.18. The van der Waals surface area contributed by atoms with Crippen LogP contribution in [0.2, 0.25) is 0 Å². The molecule has 76 valence electrons. The molecular formula is C12H17NO. The van der Waals surface area contributed by atoms with Crippen LogP contribution in [-0.2, 0) is 5.41 Å². The lowest BCUT2D eigenvalue weighted by Crippen LogP contribution is -2.36. The third-order valence-electron chi connectivity index (χ3n) is 3.68. The van der Waals surface area contributed by atoms with E-state index in [0.29, 0.717) is 11.8 Å². The van der Waals surface area contributed by atoms with Crippen LogP contribution in [0.5, 0.6) is 5.75 Å². The number of phenols is 1. The molecular weight excluding hydrogens is 174 g/mol. The summed E-state index contributed by atoms with van der Waals surface area (Å²) >= 11 is 0. The highest BCUT2D eigenvalue weighted by molar-refractivity contribution is 5.64. The summed E-state index contributed by atoms with van der Waals surface area (Å²) in [5.41, 5.74) is 2.59. The highest BCUT2D eigenvalue weighted by Crippen LogP contribution is 2.45. The minimum absolute atomic E-state index is 0.114. The molecule has 2 nitrogen and oxygen atoms in total. The summed E-state index contributed by atoms with van der Waals surface area (Å²) in [5, 5.41) is 9.48. The Labute approximate surface area is 85.2 Å². The fraction of sp³-hybridized carbons (Fsp3) is 0.500. The van der Waals surface area contributed by atoms with Crippen LogP contribution in [0.4, 0.5) is 5.69 Å². The van der Waals surface area contributed by atoms with E-state index < -0.39 is 0 Å². The molecule has 1 unspecified atom stereocenters. The number of fused-ring (bicyclic) bond motifs is 1. The zero-order chi connectivity index (χ0) is 10.5. The zero-order valence-electron chi connectivity index (χ0n) is 9.20. The Morgan fingerprint density at radius 1 is 1.36 bits per heavy atom. The average Bonchev–Trinajstić information content (AvgIpc) is 2.29. The monoisotopic (exact) mass is 191 g/mol. The van der Waals surface area contributed by atoms with Gasteiger partial charge in [-0.1, -0.05) is 13.8 Å². The van der Waals surface area contributed by atoms with Gasteiger partial charge in [0.05, 0.1) is 0 Å². The zero-order valence-corrected chi connectivity index (χ0v) is 9.20. The summed E-state index contributed by atoms with van der Waals surface area (Å²) in [7, 11) is 2.11. The van der Waals surface area contributed by atoms with Crippen molar-refractivity contribution in [2.24, 2.45) is 0 Å². The average molecular weight is 191 g/mol. The van der Waals surface area contributed by atoms with Crippen molar-refractivity contribution in [3.05, 3.63) is 23.8 Å². The molecule has 0 radical (unpaired) electrons. The van der Waals surface area contributed by atoms with E-state index in [1.165, 1.54) is 11.3 Å². The molecule has 0 saturated carbocycles. The Balaban J connectivity index is 2.63. The van der Waals surface area contributed by atoms with E-state index in [1.807, 2.05) is 12.1 Å². The standard InChI is InChI=1S/C12H17NO/c1-8-12(2,3)10-7-9(14)5-6-11(10)13(8)4/h5-8,14H,1-4H3. The predicted molar refractivity (Wildman–Crippen MR) is 59.0 cm³/mol. The van der Waals surface area contributed by atoms with Crippen molar-refractivity contribution in [3.63, 3.8) is 0 Å². The topological polar surface area (TPSA) is 23.5 Å². The third kappa shape index (κ3) is 1.03. The highest BCUT2D eigenvalue weighted by atomic mass is 16.3. The molecule has 1 aromatic carbocycles. The van der Waals surface area contributed by atoms with Crippen LogP contribution in [0.1, 0.15) is 26.3 Å². The number of anilines is 1. The maximum atomic E-state index is 9.48. The second-order valence-corrected chi connectivity index (χ2v) is 4.71. The van der Waals surface area contributed by atoms with E-state index in [4.69, 9.17) is 0 Å². The molecule has 1 atom stereocenters. The minimum atomic E-state index is 0.114. The van der Waals surface area contributed by atoms with Gasteiger partial charge < -0.3 is 10.0 Å². The first-order valence-corrected chi connectivity index (χ1v) is 5.01. The lowest BCUT2D eigenvalue weighted by Gasteiger charge is -2.28. The second-order valence-electron chi connectivity index (χ2n) is 4.71. The Kier molecular flexibility index (Phi) is 1.78. The number of phenolic OH excluding ortho intramolecular Hbond substituents is 1. The second kappa shape index (κ2) is 2.66. The molecule has 2 rings (SSSR count). The molecule has 0 amide bonds.